The predicted octanol–water partition coefficient (Wildman–Crippen LogP) is 3.30. The van der Waals surface area contributed by atoms with Crippen molar-refractivity contribution in [2.24, 2.45) is 0 Å². The molecular weight excluding hydrogens is 294 g/mol. The van der Waals surface area contributed by atoms with Crippen LogP contribution in [0.1, 0.15) is 26.2 Å². The van der Waals surface area contributed by atoms with Crippen LogP contribution in [0, 0.1) is 21.4 Å². The Bertz CT molecular complexity index is 539. The minimum absolute atomic E-state index is 0.0766. The second-order valence-corrected chi connectivity index (χ2v) is 5.00. The van der Waals surface area contributed by atoms with Crippen molar-refractivity contribution in [3.8, 4) is 11.8 Å². The molecule has 1 N–H and O–H groups in total. The number of nitro groups is 1. The second-order valence-electron chi connectivity index (χ2n) is 4.59. The van der Waals surface area contributed by atoms with Crippen LogP contribution in [0.2, 0.25) is 5.02 Å². The summed E-state index contributed by atoms with van der Waals surface area (Å²) in [6, 6.07) is 6.65. The molecule has 0 amide bonds. The van der Waals surface area contributed by atoms with Crippen molar-refractivity contribution in [3.05, 3.63) is 33.3 Å². The SMILES string of the molecule is CCC(C#N)(CCCOc1c(Cl)cccc1[N+](=O)[O-])NC. The van der Waals surface area contributed by atoms with Gasteiger partial charge in [-0.3, -0.25) is 10.1 Å². The number of halogens is 1. The van der Waals surface area contributed by atoms with Gasteiger partial charge in [-0.05, 0) is 32.4 Å². The summed E-state index contributed by atoms with van der Waals surface area (Å²) in [4.78, 5) is 10.4. The summed E-state index contributed by atoms with van der Waals surface area (Å²) in [6.45, 7) is 2.19. The monoisotopic (exact) mass is 311 g/mol. The Hall–Kier alpha value is -1.84. The number of nitriles is 1. The highest BCUT2D eigenvalue weighted by atomic mass is 35.5. The van der Waals surface area contributed by atoms with Gasteiger partial charge in [0, 0.05) is 6.07 Å². The largest absolute Gasteiger partial charge is 0.486 e. The third-order valence-electron chi connectivity index (χ3n) is 3.43. The molecule has 21 heavy (non-hydrogen) atoms. The molecule has 0 saturated heterocycles. The number of benzene rings is 1. The van der Waals surface area contributed by atoms with E-state index in [0.29, 0.717) is 19.3 Å². The summed E-state index contributed by atoms with van der Waals surface area (Å²) in [5, 5.41) is 23.3. The van der Waals surface area contributed by atoms with E-state index in [-0.39, 0.29) is 23.1 Å². The zero-order valence-corrected chi connectivity index (χ0v) is 12.8. The molecule has 0 aliphatic heterocycles. The van der Waals surface area contributed by atoms with E-state index in [2.05, 4.69) is 11.4 Å². The summed E-state index contributed by atoms with van der Waals surface area (Å²) in [5.74, 6) is 0.0766. The van der Waals surface area contributed by atoms with Crippen molar-refractivity contribution in [1.29, 1.82) is 5.26 Å². The summed E-state index contributed by atoms with van der Waals surface area (Å²) in [7, 11) is 1.74. The highest BCUT2D eigenvalue weighted by Crippen LogP contribution is 2.34. The lowest BCUT2D eigenvalue weighted by molar-refractivity contribution is -0.385. The summed E-state index contributed by atoms with van der Waals surface area (Å²) in [5.41, 5.74) is -0.742. The average Bonchev–Trinajstić information content (AvgIpc) is 2.49. The van der Waals surface area contributed by atoms with E-state index in [1.807, 2.05) is 6.92 Å². The van der Waals surface area contributed by atoms with Crippen LogP contribution in [0.4, 0.5) is 5.69 Å². The molecular formula is C14H18ClN3O3. The number of para-hydroxylation sites is 1. The first kappa shape index (κ1) is 17.2. The molecule has 0 aliphatic carbocycles. The Kier molecular flexibility index (Phi) is 6.40. The van der Waals surface area contributed by atoms with E-state index < -0.39 is 10.5 Å². The van der Waals surface area contributed by atoms with Gasteiger partial charge in [0.1, 0.15) is 5.54 Å². The maximum absolute atomic E-state index is 10.9. The first-order valence-electron chi connectivity index (χ1n) is 6.65. The van der Waals surface area contributed by atoms with Gasteiger partial charge in [0.15, 0.2) is 0 Å². The molecule has 1 aromatic carbocycles. The van der Waals surface area contributed by atoms with Crippen molar-refractivity contribution in [2.45, 2.75) is 31.7 Å². The van der Waals surface area contributed by atoms with Crippen LogP contribution in [-0.2, 0) is 0 Å². The fourth-order valence-corrected chi connectivity index (χ4v) is 2.23. The molecule has 0 heterocycles. The van der Waals surface area contributed by atoms with E-state index in [4.69, 9.17) is 16.3 Å². The molecule has 1 atom stereocenters. The number of nitrogens with one attached hydrogen (secondary N) is 1. The fourth-order valence-electron chi connectivity index (χ4n) is 2.00. The summed E-state index contributed by atoms with van der Waals surface area (Å²) >= 11 is 5.93. The standard InChI is InChI=1S/C14H18ClN3O3/c1-3-14(10-16,17-2)8-5-9-21-13-11(15)6-4-7-12(13)18(19)20/h4,6-7,17H,3,5,8-9H2,1-2H3. The van der Waals surface area contributed by atoms with E-state index in [1.54, 1.807) is 13.1 Å². The molecule has 0 saturated carbocycles. The van der Waals surface area contributed by atoms with Crippen LogP contribution in [0.5, 0.6) is 5.75 Å². The second kappa shape index (κ2) is 7.81. The Morgan fingerprint density at radius 2 is 2.29 bits per heavy atom. The fraction of sp³-hybridized carbons (Fsp3) is 0.500. The van der Waals surface area contributed by atoms with Crippen LogP contribution in [0.25, 0.3) is 0 Å². The number of hydrogen-bond donors (Lipinski definition) is 1. The molecule has 1 rings (SSSR count). The van der Waals surface area contributed by atoms with Crippen molar-refractivity contribution < 1.29 is 9.66 Å². The molecule has 114 valence electrons. The molecule has 1 unspecified atom stereocenters. The first-order chi connectivity index (χ1) is 9.99. The molecule has 0 bridgehead atoms. The Balaban J connectivity index is 2.66. The molecule has 0 radical (unpaired) electrons. The molecule has 6 nitrogen and oxygen atoms in total. The first-order valence-corrected chi connectivity index (χ1v) is 7.03. The van der Waals surface area contributed by atoms with Gasteiger partial charge in [-0.1, -0.05) is 24.6 Å². The van der Waals surface area contributed by atoms with Crippen LogP contribution < -0.4 is 10.1 Å². The zero-order chi connectivity index (χ0) is 15.9. The third-order valence-corrected chi connectivity index (χ3v) is 3.73. The Morgan fingerprint density at radius 1 is 1.57 bits per heavy atom. The lowest BCUT2D eigenvalue weighted by atomic mass is 9.92. The number of ether oxygens (including phenoxy) is 1. The molecule has 0 fully saturated rings. The molecule has 1 aromatic rings. The van der Waals surface area contributed by atoms with Gasteiger partial charge in [0.05, 0.1) is 22.6 Å². The van der Waals surface area contributed by atoms with Gasteiger partial charge in [-0.15, -0.1) is 0 Å². The van der Waals surface area contributed by atoms with Gasteiger partial charge in [0.2, 0.25) is 5.75 Å². The maximum atomic E-state index is 10.9. The lowest BCUT2D eigenvalue weighted by Gasteiger charge is -2.24. The molecule has 7 heteroatoms. The lowest BCUT2D eigenvalue weighted by Crippen LogP contribution is -2.41. The normalized spacial score (nSPS) is 13.2. The minimum Gasteiger partial charge on any atom is -0.486 e. The minimum atomic E-state index is -0.588. The van der Waals surface area contributed by atoms with Gasteiger partial charge in [-0.25, -0.2) is 0 Å². The van der Waals surface area contributed by atoms with E-state index in [1.165, 1.54) is 12.1 Å². The molecule has 0 aromatic heterocycles. The average molecular weight is 312 g/mol. The summed E-state index contributed by atoms with van der Waals surface area (Å²) < 4.78 is 5.45. The van der Waals surface area contributed by atoms with Gasteiger partial charge in [0.25, 0.3) is 0 Å². The number of hydrogen-bond acceptors (Lipinski definition) is 5. The van der Waals surface area contributed by atoms with Crippen LogP contribution >= 0.6 is 11.6 Å². The van der Waals surface area contributed by atoms with Crippen molar-refractivity contribution in [1.82, 2.24) is 5.32 Å². The van der Waals surface area contributed by atoms with Crippen LogP contribution in [-0.4, -0.2) is 24.1 Å². The van der Waals surface area contributed by atoms with E-state index >= 15 is 0 Å². The van der Waals surface area contributed by atoms with E-state index in [0.717, 1.165) is 0 Å². The van der Waals surface area contributed by atoms with Crippen LogP contribution in [0.15, 0.2) is 18.2 Å². The van der Waals surface area contributed by atoms with Crippen molar-refractivity contribution in [2.75, 3.05) is 13.7 Å². The molecule has 0 spiro atoms. The third kappa shape index (κ3) is 4.31. The predicted molar refractivity (Wildman–Crippen MR) is 80.5 cm³/mol. The topological polar surface area (TPSA) is 88.2 Å². The quantitative estimate of drug-likeness (QED) is 0.452. The number of nitro benzene ring substituents is 1. The Labute approximate surface area is 128 Å². The maximum Gasteiger partial charge on any atom is 0.312 e. The highest BCUT2D eigenvalue weighted by molar-refractivity contribution is 6.32. The Morgan fingerprint density at radius 3 is 2.81 bits per heavy atom. The van der Waals surface area contributed by atoms with Gasteiger partial charge in [-0.2, -0.15) is 5.26 Å². The number of rotatable bonds is 8. The van der Waals surface area contributed by atoms with Gasteiger partial charge >= 0.3 is 5.69 Å². The number of nitrogens with zero attached hydrogens (tertiary/aromatic N) is 2. The van der Waals surface area contributed by atoms with Crippen molar-refractivity contribution >= 4 is 17.3 Å². The molecule has 0 aliphatic rings. The van der Waals surface area contributed by atoms with Gasteiger partial charge < -0.3 is 10.1 Å². The highest BCUT2D eigenvalue weighted by Gasteiger charge is 2.25. The summed E-state index contributed by atoms with van der Waals surface area (Å²) in [6.07, 6.45) is 1.85. The smallest absolute Gasteiger partial charge is 0.312 e. The van der Waals surface area contributed by atoms with E-state index in [9.17, 15) is 15.4 Å². The van der Waals surface area contributed by atoms with Crippen molar-refractivity contribution in [3.63, 3.8) is 0 Å². The zero-order valence-electron chi connectivity index (χ0n) is 12.1. The van der Waals surface area contributed by atoms with Crippen LogP contribution in [0.3, 0.4) is 0 Å².